The minimum atomic E-state index is -4.67. The molecule has 11 heteroatoms. The molecule has 0 aliphatic rings. The van der Waals surface area contributed by atoms with E-state index < -0.39 is 29.5 Å². The Morgan fingerprint density at radius 2 is 2.00 bits per heavy atom. The lowest BCUT2D eigenvalue weighted by atomic mass is 9.98. The quantitative estimate of drug-likeness (QED) is 0.333. The molecular formula is C23H22ClF4N3O3. The van der Waals surface area contributed by atoms with E-state index in [0.717, 1.165) is 10.7 Å². The Labute approximate surface area is 198 Å². The first-order chi connectivity index (χ1) is 16.1. The lowest BCUT2D eigenvalue weighted by Gasteiger charge is -2.15. The van der Waals surface area contributed by atoms with Crippen LogP contribution < -0.4 is 5.32 Å². The van der Waals surface area contributed by atoms with Crippen LogP contribution in [0.1, 0.15) is 35.4 Å². The molecule has 0 saturated heterocycles. The van der Waals surface area contributed by atoms with E-state index in [-0.39, 0.29) is 37.6 Å². The second-order valence-corrected chi connectivity index (χ2v) is 7.91. The number of alkyl halides is 3. The van der Waals surface area contributed by atoms with Gasteiger partial charge in [-0.2, -0.15) is 18.3 Å². The number of nitrogens with zero attached hydrogens (tertiary/aromatic N) is 2. The van der Waals surface area contributed by atoms with Crippen LogP contribution in [0.15, 0.2) is 48.5 Å². The third-order valence-corrected chi connectivity index (χ3v) is 5.27. The van der Waals surface area contributed by atoms with Crippen molar-refractivity contribution >= 4 is 17.5 Å². The molecule has 6 nitrogen and oxygen atoms in total. The lowest BCUT2D eigenvalue weighted by molar-refractivity contribution is -0.141. The van der Waals surface area contributed by atoms with Gasteiger partial charge in [0.1, 0.15) is 5.82 Å². The van der Waals surface area contributed by atoms with Gasteiger partial charge in [-0.3, -0.25) is 4.79 Å². The van der Waals surface area contributed by atoms with Crippen molar-refractivity contribution < 1.29 is 32.2 Å². The molecule has 1 atom stereocenters. The fourth-order valence-corrected chi connectivity index (χ4v) is 3.38. The molecule has 1 aromatic heterocycles. The molecule has 0 fully saturated rings. The molecule has 34 heavy (non-hydrogen) atoms. The summed E-state index contributed by atoms with van der Waals surface area (Å²) in [7, 11) is 0. The highest BCUT2D eigenvalue weighted by molar-refractivity contribution is 6.30. The third-order valence-electron chi connectivity index (χ3n) is 5.03. The molecule has 0 aliphatic carbocycles. The molecule has 0 saturated carbocycles. The number of nitrogens with one attached hydrogen (secondary N) is 1. The Balaban J connectivity index is 1.75. The lowest BCUT2D eigenvalue weighted by Crippen LogP contribution is -2.28. The summed E-state index contributed by atoms with van der Waals surface area (Å²) >= 11 is 5.96. The maximum Gasteiger partial charge on any atom is 0.435 e. The van der Waals surface area contributed by atoms with Crippen molar-refractivity contribution in [1.82, 2.24) is 15.1 Å². The van der Waals surface area contributed by atoms with Gasteiger partial charge in [0.05, 0.1) is 43.7 Å². The zero-order chi connectivity index (χ0) is 24.9. The Hall–Kier alpha value is -2.95. The zero-order valence-corrected chi connectivity index (χ0v) is 18.8. The summed E-state index contributed by atoms with van der Waals surface area (Å²) in [4.78, 5) is 12.7. The number of amides is 1. The monoisotopic (exact) mass is 499 g/mol. The number of halogens is 5. The largest absolute Gasteiger partial charge is 0.435 e. The summed E-state index contributed by atoms with van der Waals surface area (Å²) in [5, 5.41) is 15.3. The predicted octanol–water partition coefficient (Wildman–Crippen LogP) is 4.61. The summed E-state index contributed by atoms with van der Waals surface area (Å²) < 4.78 is 60.2. The van der Waals surface area contributed by atoms with Crippen molar-refractivity contribution in [2.45, 2.75) is 32.2 Å². The normalized spacial score (nSPS) is 12.6. The number of rotatable bonds is 9. The van der Waals surface area contributed by atoms with Crippen molar-refractivity contribution in [2.24, 2.45) is 0 Å². The van der Waals surface area contributed by atoms with Crippen molar-refractivity contribution in [3.8, 4) is 5.69 Å². The zero-order valence-electron chi connectivity index (χ0n) is 18.1. The standard InChI is InChI=1S/C23H22ClF4N3O3/c1-14(15-5-6-16(20(25)9-15)13-34-8-7-32)22(33)29-12-19-11-21(23(26,27)28)30-31(19)18-4-2-3-17(24)10-18/h2-6,9-11,14,32H,7-8,12-13H2,1H3,(H,29,33). The smallest absolute Gasteiger partial charge is 0.394 e. The first kappa shape index (κ1) is 25.7. The molecule has 1 amide bonds. The molecule has 2 aromatic carbocycles. The highest BCUT2D eigenvalue weighted by Crippen LogP contribution is 2.30. The fourth-order valence-electron chi connectivity index (χ4n) is 3.19. The van der Waals surface area contributed by atoms with E-state index in [2.05, 4.69) is 10.4 Å². The van der Waals surface area contributed by atoms with Crippen LogP contribution in [0, 0.1) is 5.82 Å². The van der Waals surface area contributed by atoms with E-state index in [9.17, 15) is 22.4 Å². The predicted molar refractivity (Wildman–Crippen MR) is 117 cm³/mol. The van der Waals surface area contributed by atoms with E-state index in [4.69, 9.17) is 21.4 Å². The number of hydrogen-bond donors (Lipinski definition) is 2. The Kier molecular flexibility index (Phi) is 8.29. The number of benzene rings is 2. The number of ether oxygens (including phenoxy) is 1. The van der Waals surface area contributed by atoms with Gasteiger partial charge in [0.25, 0.3) is 0 Å². The van der Waals surface area contributed by atoms with E-state index >= 15 is 0 Å². The van der Waals surface area contributed by atoms with Crippen molar-refractivity contribution in [1.29, 1.82) is 0 Å². The molecule has 0 bridgehead atoms. The Morgan fingerprint density at radius 3 is 2.65 bits per heavy atom. The fraction of sp³-hybridized carbons (Fsp3) is 0.304. The van der Waals surface area contributed by atoms with E-state index in [0.29, 0.717) is 16.3 Å². The minimum Gasteiger partial charge on any atom is -0.394 e. The van der Waals surface area contributed by atoms with Crippen LogP contribution in [-0.4, -0.2) is 34.0 Å². The van der Waals surface area contributed by atoms with Gasteiger partial charge in [-0.1, -0.05) is 29.8 Å². The first-order valence-corrected chi connectivity index (χ1v) is 10.6. The van der Waals surface area contributed by atoms with Crippen LogP contribution in [0.4, 0.5) is 17.6 Å². The van der Waals surface area contributed by atoms with Gasteiger partial charge in [0.2, 0.25) is 5.91 Å². The Bertz CT molecular complexity index is 1150. The molecule has 0 aliphatic heterocycles. The molecule has 0 radical (unpaired) electrons. The van der Waals surface area contributed by atoms with Crippen molar-refractivity contribution in [3.63, 3.8) is 0 Å². The van der Waals surface area contributed by atoms with Gasteiger partial charge in [-0.15, -0.1) is 0 Å². The molecule has 0 spiro atoms. The van der Waals surface area contributed by atoms with Gasteiger partial charge >= 0.3 is 6.18 Å². The number of aromatic nitrogens is 2. The van der Waals surface area contributed by atoms with Crippen molar-refractivity contribution in [2.75, 3.05) is 13.2 Å². The van der Waals surface area contributed by atoms with Gasteiger partial charge in [0.15, 0.2) is 5.69 Å². The average molecular weight is 500 g/mol. The first-order valence-electron chi connectivity index (χ1n) is 10.3. The SMILES string of the molecule is CC(C(=O)NCc1cc(C(F)(F)F)nn1-c1cccc(Cl)c1)c1ccc(COCCO)c(F)c1. The number of aliphatic hydroxyl groups excluding tert-OH is 1. The molecule has 1 heterocycles. The van der Waals surface area contributed by atoms with Crippen LogP contribution in [0.5, 0.6) is 0 Å². The Morgan fingerprint density at radius 1 is 1.24 bits per heavy atom. The average Bonchev–Trinajstić information content (AvgIpc) is 3.23. The molecule has 2 N–H and O–H groups in total. The topological polar surface area (TPSA) is 76.4 Å². The van der Waals surface area contributed by atoms with Gasteiger partial charge in [-0.05, 0) is 42.8 Å². The van der Waals surface area contributed by atoms with Crippen LogP contribution in [-0.2, 0) is 28.9 Å². The highest BCUT2D eigenvalue weighted by Gasteiger charge is 2.35. The highest BCUT2D eigenvalue weighted by atomic mass is 35.5. The number of carbonyl (C=O) groups is 1. The third kappa shape index (κ3) is 6.34. The molecule has 182 valence electrons. The molecule has 3 rings (SSSR count). The van der Waals surface area contributed by atoms with Gasteiger partial charge in [0, 0.05) is 10.6 Å². The van der Waals surface area contributed by atoms with Crippen LogP contribution >= 0.6 is 11.6 Å². The minimum absolute atomic E-state index is 0.0255. The van der Waals surface area contributed by atoms with Crippen LogP contribution in [0.2, 0.25) is 5.02 Å². The van der Waals surface area contributed by atoms with Crippen LogP contribution in [0.25, 0.3) is 5.69 Å². The van der Waals surface area contributed by atoms with Crippen molar-refractivity contribution in [3.05, 3.63) is 81.9 Å². The molecular weight excluding hydrogens is 478 g/mol. The summed E-state index contributed by atoms with van der Waals surface area (Å²) in [6, 6.07) is 11.3. The van der Waals surface area contributed by atoms with E-state index in [1.807, 2.05) is 0 Å². The van der Waals surface area contributed by atoms with E-state index in [1.54, 1.807) is 31.2 Å². The van der Waals surface area contributed by atoms with Gasteiger partial charge in [-0.25, -0.2) is 9.07 Å². The summed E-state index contributed by atoms with van der Waals surface area (Å²) in [6.45, 7) is 1.18. The summed E-state index contributed by atoms with van der Waals surface area (Å²) in [5.74, 6) is -1.84. The number of hydrogen-bond acceptors (Lipinski definition) is 4. The molecule has 1 unspecified atom stereocenters. The number of carbonyl (C=O) groups excluding carboxylic acids is 1. The number of aliphatic hydroxyl groups is 1. The van der Waals surface area contributed by atoms with Gasteiger partial charge < -0.3 is 15.2 Å². The molecule has 3 aromatic rings. The van der Waals surface area contributed by atoms with E-state index in [1.165, 1.54) is 18.2 Å². The summed E-state index contributed by atoms with van der Waals surface area (Å²) in [6.07, 6.45) is -4.67. The van der Waals surface area contributed by atoms with Crippen LogP contribution in [0.3, 0.4) is 0 Å². The summed E-state index contributed by atoms with van der Waals surface area (Å²) in [5.41, 5.74) is -0.0416. The maximum atomic E-state index is 14.3. The second-order valence-electron chi connectivity index (χ2n) is 7.48. The maximum absolute atomic E-state index is 14.3. The second kappa shape index (κ2) is 11.0.